The van der Waals surface area contributed by atoms with Gasteiger partial charge in [0.15, 0.2) is 9.84 Å². The fourth-order valence-electron chi connectivity index (χ4n) is 1.29. The Morgan fingerprint density at radius 2 is 1.91 bits per heavy atom. The fraction of sp³-hybridized carbons (Fsp3) is 0.750. The first-order chi connectivity index (χ1) is 5.00. The van der Waals surface area contributed by atoms with Crippen molar-refractivity contribution in [1.29, 1.82) is 0 Å². The van der Waals surface area contributed by atoms with Gasteiger partial charge in [-0.15, -0.1) is 0 Å². The summed E-state index contributed by atoms with van der Waals surface area (Å²) in [6.07, 6.45) is 6.90. The zero-order valence-corrected chi connectivity index (χ0v) is 7.76. The van der Waals surface area contributed by atoms with Crippen molar-refractivity contribution in [3.05, 3.63) is 12.2 Å². The van der Waals surface area contributed by atoms with E-state index < -0.39 is 9.84 Å². The van der Waals surface area contributed by atoms with Crippen molar-refractivity contribution in [3.63, 3.8) is 0 Å². The first-order valence-electron chi connectivity index (χ1n) is 3.87. The number of rotatable bonds is 1. The molecule has 1 rings (SSSR count). The SMILES string of the molecule is CC1C=CC(S(C)(=O)=O)CC1. The largest absolute Gasteiger partial charge is 0.229 e. The molecule has 0 bridgehead atoms. The van der Waals surface area contributed by atoms with Gasteiger partial charge in [0.25, 0.3) is 0 Å². The average Bonchev–Trinajstić information content (AvgIpc) is 1.86. The molecule has 0 spiro atoms. The van der Waals surface area contributed by atoms with E-state index >= 15 is 0 Å². The standard InChI is InChI=1S/C8H14O2S/c1-7-3-5-8(6-4-7)11(2,9)10/h3,5,7-8H,4,6H2,1-2H3. The molecule has 3 heteroatoms. The minimum absolute atomic E-state index is 0.223. The maximum absolute atomic E-state index is 11.0. The first kappa shape index (κ1) is 8.78. The van der Waals surface area contributed by atoms with Crippen LogP contribution in [0, 0.1) is 5.92 Å². The molecule has 0 radical (unpaired) electrons. The van der Waals surface area contributed by atoms with Crippen LogP contribution in [0.15, 0.2) is 12.2 Å². The summed E-state index contributed by atoms with van der Waals surface area (Å²) in [6.45, 7) is 2.11. The number of hydrogen-bond acceptors (Lipinski definition) is 2. The molecule has 11 heavy (non-hydrogen) atoms. The molecule has 0 aromatic heterocycles. The summed E-state index contributed by atoms with van der Waals surface area (Å²) in [5.74, 6) is 0.549. The molecule has 2 nitrogen and oxygen atoms in total. The molecule has 0 heterocycles. The van der Waals surface area contributed by atoms with Gasteiger partial charge in [-0.2, -0.15) is 0 Å². The van der Waals surface area contributed by atoms with Crippen molar-refractivity contribution in [2.75, 3.05) is 6.26 Å². The minimum atomic E-state index is -2.84. The van der Waals surface area contributed by atoms with Crippen LogP contribution in [0.4, 0.5) is 0 Å². The predicted molar refractivity (Wildman–Crippen MR) is 46.2 cm³/mol. The van der Waals surface area contributed by atoms with Gasteiger partial charge in [0.2, 0.25) is 0 Å². The molecule has 1 aliphatic carbocycles. The van der Waals surface area contributed by atoms with Crippen molar-refractivity contribution >= 4 is 9.84 Å². The van der Waals surface area contributed by atoms with Gasteiger partial charge in [0, 0.05) is 6.26 Å². The number of sulfone groups is 1. The number of hydrogen-bond donors (Lipinski definition) is 0. The highest BCUT2D eigenvalue weighted by Gasteiger charge is 2.20. The molecule has 0 aromatic carbocycles. The van der Waals surface area contributed by atoms with Crippen LogP contribution in [-0.2, 0) is 9.84 Å². The molecule has 0 fully saturated rings. The van der Waals surface area contributed by atoms with Crippen molar-refractivity contribution in [3.8, 4) is 0 Å². The average molecular weight is 174 g/mol. The molecule has 64 valence electrons. The second kappa shape index (κ2) is 2.97. The molecule has 0 N–H and O–H groups in total. The van der Waals surface area contributed by atoms with Gasteiger partial charge >= 0.3 is 0 Å². The lowest BCUT2D eigenvalue weighted by molar-refractivity contribution is 0.552. The lowest BCUT2D eigenvalue weighted by atomic mass is 9.98. The molecule has 2 atom stereocenters. The predicted octanol–water partition coefficient (Wildman–Crippen LogP) is 1.39. The Morgan fingerprint density at radius 3 is 2.27 bits per heavy atom. The van der Waals surface area contributed by atoms with E-state index in [4.69, 9.17) is 0 Å². The van der Waals surface area contributed by atoms with E-state index in [1.165, 1.54) is 6.26 Å². The topological polar surface area (TPSA) is 34.1 Å². The Kier molecular flexibility index (Phi) is 2.37. The van der Waals surface area contributed by atoms with Crippen LogP contribution in [0.5, 0.6) is 0 Å². The summed E-state index contributed by atoms with van der Waals surface area (Å²) in [5, 5.41) is -0.223. The van der Waals surface area contributed by atoms with Gasteiger partial charge in [-0.25, -0.2) is 8.42 Å². The zero-order chi connectivity index (χ0) is 8.48. The van der Waals surface area contributed by atoms with Gasteiger partial charge in [0.05, 0.1) is 5.25 Å². The third-order valence-corrected chi connectivity index (χ3v) is 3.60. The second-order valence-corrected chi connectivity index (χ2v) is 5.57. The maximum atomic E-state index is 11.0. The number of allylic oxidation sites excluding steroid dienone is 1. The summed E-state index contributed by atoms with van der Waals surface area (Å²) in [5.41, 5.74) is 0. The van der Waals surface area contributed by atoms with E-state index in [9.17, 15) is 8.42 Å². The highest BCUT2D eigenvalue weighted by Crippen LogP contribution is 2.20. The second-order valence-electron chi connectivity index (χ2n) is 3.31. The van der Waals surface area contributed by atoms with E-state index in [0.717, 1.165) is 12.8 Å². The molecule has 1 aliphatic rings. The molecule has 0 amide bonds. The highest BCUT2D eigenvalue weighted by atomic mass is 32.2. The Hall–Kier alpha value is -0.310. The van der Waals surface area contributed by atoms with Crippen molar-refractivity contribution in [2.45, 2.75) is 25.0 Å². The smallest absolute Gasteiger partial charge is 0.153 e. The van der Waals surface area contributed by atoms with Crippen LogP contribution >= 0.6 is 0 Å². The van der Waals surface area contributed by atoms with Gasteiger partial charge < -0.3 is 0 Å². The molecule has 0 aromatic rings. The van der Waals surface area contributed by atoms with Crippen LogP contribution in [0.25, 0.3) is 0 Å². The Balaban J connectivity index is 2.73. The molecular formula is C8H14O2S. The van der Waals surface area contributed by atoms with Crippen LogP contribution in [-0.4, -0.2) is 19.9 Å². The third-order valence-electron chi connectivity index (χ3n) is 2.11. The first-order valence-corrected chi connectivity index (χ1v) is 5.83. The van der Waals surface area contributed by atoms with Crippen molar-refractivity contribution < 1.29 is 8.42 Å². The molecular weight excluding hydrogens is 160 g/mol. The van der Waals surface area contributed by atoms with Crippen LogP contribution in [0.1, 0.15) is 19.8 Å². The Bertz CT molecular complexity index is 251. The molecule has 0 aliphatic heterocycles. The maximum Gasteiger partial charge on any atom is 0.153 e. The zero-order valence-electron chi connectivity index (χ0n) is 6.95. The van der Waals surface area contributed by atoms with E-state index in [1.54, 1.807) is 0 Å². The monoisotopic (exact) mass is 174 g/mol. The van der Waals surface area contributed by atoms with E-state index in [0.29, 0.717) is 5.92 Å². The quantitative estimate of drug-likeness (QED) is 0.563. The van der Waals surface area contributed by atoms with E-state index in [1.807, 2.05) is 12.2 Å². The lowest BCUT2D eigenvalue weighted by Gasteiger charge is -2.18. The van der Waals surface area contributed by atoms with Gasteiger partial charge in [-0.3, -0.25) is 0 Å². The van der Waals surface area contributed by atoms with Gasteiger partial charge in [0.1, 0.15) is 0 Å². The molecule has 0 saturated heterocycles. The van der Waals surface area contributed by atoms with Crippen LogP contribution in [0.2, 0.25) is 0 Å². The van der Waals surface area contributed by atoms with E-state index in [-0.39, 0.29) is 5.25 Å². The Morgan fingerprint density at radius 1 is 1.27 bits per heavy atom. The van der Waals surface area contributed by atoms with Crippen molar-refractivity contribution in [1.82, 2.24) is 0 Å². The summed E-state index contributed by atoms with van der Waals surface area (Å²) in [7, 11) is -2.84. The van der Waals surface area contributed by atoms with Gasteiger partial charge in [-0.1, -0.05) is 19.1 Å². The minimum Gasteiger partial charge on any atom is -0.229 e. The van der Waals surface area contributed by atoms with E-state index in [2.05, 4.69) is 6.92 Å². The summed E-state index contributed by atoms with van der Waals surface area (Å²) in [4.78, 5) is 0. The lowest BCUT2D eigenvalue weighted by Crippen LogP contribution is -2.21. The highest BCUT2D eigenvalue weighted by molar-refractivity contribution is 7.91. The normalized spacial score (nSPS) is 32.2. The summed E-state index contributed by atoms with van der Waals surface area (Å²) < 4.78 is 22.1. The molecule has 0 saturated carbocycles. The van der Waals surface area contributed by atoms with Crippen molar-refractivity contribution in [2.24, 2.45) is 5.92 Å². The fourth-order valence-corrected chi connectivity index (χ4v) is 2.23. The molecule has 2 unspecified atom stereocenters. The summed E-state index contributed by atoms with van der Waals surface area (Å²) in [6, 6.07) is 0. The Labute approximate surface area is 68.2 Å². The summed E-state index contributed by atoms with van der Waals surface area (Å²) >= 11 is 0. The van der Waals surface area contributed by atoms with Crippen LogP contribution in [0.3, 0.4) is 0 Å². The third kappa shape index (κ3) is 2.33. The van der Waals surface area contributed by atoms with Gasteiger partial charge in [-0.05, 0) is 18.8 Å². The van der Waals surface area contributed by atoms with Crippen LogP contribution < -0.4 is 0 Å².